The van der Waals surface area contributed by atoms with Crippen LogP contribution in [0.25, 0.3) is 0 Å². The molecule has 0 aliphatic carbocycles. The second kappa shape index (κ2) is 7.63. The minimum absolute atomic E-state index is 0.229. The molecule has 118 valence electrons. The highest BCUT2D eigenvalue weighted by atomic mass is 35.5. The lowest BCUT2D eigenvalue weighted by atomic mass is 10.2. The van der Waals surface area contributed by atoms with E-state index in [0.29, 0.717) is 30.3 Å². The van der Waals surface area contributed by atoms with Crippen molar-refractivity contribution in [3.8, 4) is 5.75 Å². The maximum atomic E-state index is 12.2. The van der Waals surface area contributed by atoms with Crippen molar-refractivity contribution in [2.24, 2.45) is 0 Å². The molecule has 2 aromatic carbocycles. The van der Waals surface area contributed by atoms with Crippen molar-refractivity contribution in [2.45, 2.75) is 18.2 Å². The molecule has 0 amide bonds. The molecule has 0 saturated heterocycles. The van der Waals surface area contributed by atoms with E-state index in [0.717, 1.165) is 5.56 Å². The molecule has 0 aliphatic heterocycles. The molecule has 4 nitrogen and oxygen atoms in total. The van der Waals surface area contributed by atoms with Gasteiger partial charge in [0.25, 0.3) is 0 Å². The Morgan fingerprint density at radius 2 is 1.68 bits per heavy atom. The topological polar surface area (TPSA) is 55.4 Å². The second-order valence-electron chi connectivity index (χ2n) is 4.68. The van der Waals surface area contributed by atoms with E-state index in [1.807, 2.05) is 19.1 Å². The van der Waals surface area contributed by atoms with Crippen LogP contribution in [0.2, 0.25) is 5.02 Å². The normalized spacial score (nSPS) is 11.4. The van der Waals surface area contributed by atoms with Gasteiger partial charge in [0.15, 0.2) is 0 Å². The Morgan fingerprint density at radius 3 is 2.27 bits per heavy atom. The van der Waals surface area contributed by atoms with E-state index in [1.54, 1.807) is 24.3 Å². The van der Waals surface area contributed by atoms with E-state index in [-0.39, 0.29) is 4.90 Å². The molecule has 2 aromatic rings. The van der Waals surface area contributed by atoms with Crippen LogP contribution in [0.5, 0.6) is 5.75 Å². The maximum absolute atomic E-state index is 12.2. The van der Waals surface area contributed by atoms with Crippen LogP contribution in [-0.4, -0.2) is 21.6 Å². The summed E-state index contributed by atoms with van der Waals surface area (Å²) in [7, 11) is -3.50. The van der Waals surface area contributed by atoms with Gasteiger partial charge >= 0.3 is 0 Å². The molecule has 6 heteroatoms. The molecule has 0 heterocycles. The summed E-state index contributed by atoms with van der Waals surface area (Å²) in [5.74, 6) is 0.655. The van der Waals surface area contributed by atoms with Crippen molar-refractivity contribution < 1.29 is 13.2 Å². The van der Waals surface area contributed by atoms with Crippen LogP contribution in [0, 0.1) is 0 Å². The maximum Gasteiger partial charge on any atom is 0.240 e. The molecule has 0 radical (unpaired) electrons. The lowest BCUT2D eigenvalue weighted by Crippen LogP contribution is -2.25. The fraction of sp³-hybridized carbons (Fsp3) is 0.250. The molecule has 2 rings (SSSR count). The highest BCUT2D eigenvalue weighted by molar-refractivity contribution is 7.89. The second-order valence-corrected chi connectivity index (χ2v) is 6.88. The number of hydrogen-bond acceptors (Lipinski definition) is 3. The van der Waals surface area contributed by atoms with E-state index in [9.17, 15) is 8.42 Å². The minimum Gasteiger partial charge on any atom is -0.494 e. The summed E-state index contributed by atoms with van der Waals surface area (Å²) in [5, 5.41) is 0.665. The van der Waals surface area contributed by atoms with Crippen molar-refractivity contribution >= 4 is 21.6 Å². The average Bonchev–Trinajstić information content (AvgIpc) is 2.50. The average molecular weight is 340 g/mol. The standard InChI is InChI=1S/C16H18ClNO3S/c1-2-21-15-7-9-16(10-8-15)22(19,20)18-12-11-13-3-5-14(17)6-4-13/h3-10,18H,2,11-12H2,1H3. The third kappa shape index (κ3) is 4.73. The molecule has 0 spiro atoms. The van der Waals surface area contributed by atoms with Crippen LogP contribution in [0.15, 0.2) is 53.4 Å². The highest BCUT2D eigenvalue weighted by Gasteiger charge is 2.13. The summed E-state index contributed by atoms with van der Waals surface area (Å²) in [6.45, 7) is 2.76. The van der Waals surface area contributed by atoms with Gasteiger partial charge in [0.05, 0.1) is 11.5 Å². The quantitative estimate of drug-likeness (QED) is 0.842. The third-order valence-corrected chi connectivity index (χ3v) is 4.79. The van der Waals surface area contributed by atoms with Gasteiger partial charge in [0.1, 0.15) is 5.75 Å². The zero-order valence-electron chi connectivity index (χ0n) is 12.3. The molecule has 1 N–H and O–H groups in total. The van der Waals surface area contributed by atoms with E-state index < -0.39 is 10.0 Å². The number of hydrogen-bond donors (Lipinski definition) is 1. The summed E-state index contributed by atoms with van der Waals surface area (Å²) in [5.41, 5.74) is 1.03. The van der Waals surface area contributed by atoms with Crippen molar-refractivity contribution in [3.05, 3.63) is 59.1 Å². The Kier molecular flexibility index (Phi) is 5.83. The Hall–Kier alpha value is -1.56. The fourth-order valence-electron chi connectivity index (χ4n) is 1.95. The Labute approximate surface area is 136 Å². The van der Waals surface area contributed by atoms with Gasteiger partial charge in [-0.1, -0.05) is 23.7 Å². The number of rotatable bonds is 7. The van der Waals surface area contributed by atoms with Gasteiger partial charge in [-0.2, -0.15) is 0 Å². The number of benzene rings is 2. The Morgan fingerprint density at radius 1 is 1.05 bits per heavy atom. The van der Waals surface area contributed by atoms with E-state index in [2.05, 4.69) is 4.72 Å². The molecule has 0 aromatic heterocycles. The van der Waals surface area contributed by atoms with Gasteiger partial charge in [-0.05, 0) is 55.3 Å². The minimum atomic E-state index is -3.50. The lowest BCUT2D eigenvalue weighted by molar-refractivity contribution is 0.340. The van der Waals surface area contributed by atoms with Crippen LogP contribution in [0.3, 0.4) is 0 Å². The van der Waals surface area contributed by atoms with Crippen LogP contribution in [0.1, 0.15) is 12.5 Å². The summed E-state index contributed by atoms with van der Waals surface area (Å²) in [4.78, 5) is 0.229. The first-order chi connectivity index (χ1) is 10.5. The van der Waals surface area contributed by atoms with Crippen molar-refractivity contribution in [1.29, 1.82) is 0 Å². The van der Waals surface area contributed by atoms with Crippen molar-refractivity contribution in [2.75, 3.05) is 13.2 Å². The van der Waals surface area contributed by atoms with Crippen molar-refractivity contribution in [3.63, 3.8) is 0 Å². The van der Waals surface area contributed by atoms with Gasteiger partial charge in [0.2, 0.25) is 10.0 Å². The molecule has 0 fully saturated rings. The first-order valence-corrected chi connectivity index (χ1v) is 8.84. The molecule has 0 saturated carbocycles. The molecular weight excluding hydrogens is 322 g/mol. The van der Waals surface area contributed by atoms with Crippen LogP contribution in [0.4, 0.5) is 0 Å². The van der Waals surface area contributed by atoms with Gasteiger partial charge in [0, 0.05) is 11.6 Å². The first kappa shape index (κ1) is 16.8. The largest absolute Gasteiger partial charge is 0.494 e. The highest BCUT2D eigenvalue weighted by Crippen LogP contribution is 2.16. The molecule has 0 bridgehead atoms. The number of sulfonamides is 1. The lowest BCUT2D eigenvalue weighted by Gasteiger charge is -2.08. The predicted molar refractivity (Wildman–Crippen MR) is 88.0 cm³/mol. The van der Waals surface area contributed by atoms with Crippen LogP contribution < -0.4 is 9.46 Å². The smallest absolute Gasteiger partial charge is 0.240 e. The van der Waals surface area contributed by atoms with Gasteiger partial charge < -0.3 is 4.74 Å². The first-order valence-electron chi connectivity index (χ1n) is 6.98. The number of ether oxygens (including phenoxy) is 1. The number of nitrogens with one attached hydrogen (secondary N) is 1. The molecule has 0 aliphatic rings. The van der Waals surface area contributed by atoms with Crippen LogP contribution >= 0.6 is 11.6 Å². The number of halogens is 1. The summed E-state index contributed by atoms with van der Waals surface area (Å²) in [6, 6.07) is 13.7. The Bertz CT molecular complexity index is 697. The summed E-state index contributed by atoms with van der Waals surface area (Å²) >= 11 is 5.81. The Balaban J connectivity index is 1.94. The molecule has 0 unspecified atom stereocenters. The molecule has 0 atom stereocenters. The van der Waals surface area contributed by atoms with Gasteiger partial charge in [-0.3, -0.25) is 0 Å². The molecular formula is C16H18ClNO3S. The van der Waals surface area contributed by atoms with E-state index in [1.165, 1.54) is 12.1 Å². The predicted octanol–water partition coefficient (Wildman–Crippen LogP) is 3.26. The third-order valence-electron chi connectivity index (χ3n) is 3.06. The van der Waals surface area contributed by atoms with Gasteiger partial charge in [-0.15, -0.1) is 0 Å². The monoisotopic (exact) mass is 339 g/mol. The van der Waals surface area contributed by atoms with Gasteiger partial charge in [-0.25, -0.2) is 13.1 Å². The summed E-state index contributed by atoms with van der Waals surface area (Å²) < 4.78 is 32.2. The zero-order chi connectivity index (χ0) is 16.0. The van der Waals surface area contributed by atoms with Crippen LogP contribution in [-0.2, 0) is 16.4 Å². The SMILES string of the molecule is CCOc1ccc(S(=O)(=O)NCCc2ccc(Cl)cc2)cc1. The van der Waals surface area contributed by atoms with E-state index in [4.69, 9.17) is 16.3 Å². The zero-order valence-corrected chi connectivity index (χ0v) is 13.8. The summed E-state index contributed by atoms with van der Waals surface area (Å²) in [6.07, 6.45) is 0.605. The van der Waals surface area contributed by atoms with Crippen molar-refractivity contribution in [1.82, 2.24) is 4.72 Å². The molecule has 22 heavy (non-hydrogen) atoms. The fourth-order valence-corrected chi connectivity index (χ4v) is 3.10. The van der Waals surface area contributed by atoms with E-state index >= 15 is 0 Å².